The first-order chi connectivity index (χ1) is 12.1. The first-order valence-corrected chi connectivity index (χ1v) is 8.54. The van der Waals surface area contributed by atoms with Gasteiger partial charge in [0.25, 0.3) is 5.56 Å². The van der Waals surface area contributed by atoms with Crippen molar-refractivity contribution in [3.63, 3.8) is 0 Å². The fraction of sp³-hybridized carbons (Fsp3) is 0.235. The minimum atomic E-state index is -0.142. The van der Waals surface area contributed by atoms with Gasteiger partial charge in [0.15, 0.2) is 11.6 Å². The highest BCUT2D eigenvalue weighted by Gasteiger charge is 2.22. The lowest BCUT2D eigenvalue weighted by Crippen LogP contribution is -2.35. The first kappa shape index (κ1) is 16.3. The maximum Gasteiger partial charge on any atom is 0.256 e. The van der Waals surface area contributed by atoms with Gasteiger partial charge in [-0.2, -0.15) is 0 Å². The predicted octanol–water partition coefficient (Wildman–Crippen LogP) is 3.29. The highest BCUT2D eigenvalue weighted by molar-refractivity contribution is 6.32. The number of halogens is 2. The van der Waals surface area contributed by atoms with Crippen LogP contribution in [0.1, 0.15) is 16.8 Å². The molecular formula is C17H14Cl2N4O2. The molecule has 0 saturated carbocycles. The molecule has 6 nitrogen and oxygen atoms in total. The van der Waals surface area contributed by atoms with Gasteiger partial charge in [0.1, 0.15) is 5.15 Å². The Morgan fingerprint density at radius 2 is 2.24 bits per heavy atom. The van der Waals surface area contributed by atoms with Gasteiger partial charge in [-0.1, -0.05) is 23.2 Å². The highest BCUT2D eigenvalue weighted by Crippen LogP contribution is 2.23. The van der Waals surface area contributed by atoms with Crippen molar-refractivity contribution in [3.05, 3.63) is 68.0 Å². The van der Waals surface area contributed by atoms with Crippen LogP contribution in [0.3, 0.4) is 0 Å². The largest absolute Gasteiger partial charge is 0.461 e. The number of rotatable bonds is 3. The van der Waals surface area contributed by atoms with Gasteiger partial charge in [0.05, 0.1) is 22.5 Å². The number of furan rings is 1. The van der Waals surface area contributed by atoms with Gasteiger partial charge in [-0.15, -0.1) is 0 Å². The molecule has 3 aromatic rings. The number of aromatic amines is 1. The van der Waals surface area contributed by atoms with Crippen LogP contribution in [0.2, 0.25) is 10.2 Å². The van der Waals surface area contributed by atoms with E-state index in [0.717, 1.165) is 17.8 Å². The molecule has 0 unspecified atom stereocenters. The van der Waals surface area contributed by atoms with E-state index < -0.39 is 0 Å². The van der Waals surface area contributed by atoms with E-state index in [2.05, 4.69) is 19.9 Å². The van der Waals surface area contributed by atoms with Crippen molar-refractivity contribution < 1.29 is 4.42 Å². The Labute approximate surface area is 153 Å². The van der Waals surface area contributed by atoms with E-state index in [1.165, 1.54) is 6.20 Å². The molecule has 0 fully saturated rings. The number of nitrogens with zero attached hydrogens (tertiary/aromatic N) is 3. The predicted molar refractivity (Wildman–Crippen MR) is 94.6 cm³/mol. The smallest absolute Gasteiger partial charge is 0.256 e. The number of pyridine rings is 1. The number of hydrogen-bond acceptors (Lipinski definition) is 5. The van der Waals surface area contributed by atoms with Crippen molar-refractivity contribution in [2.75, 3.05) is 6.54 Å². The third-order valence-corrected chi connectivity index (χ3v) is 4.72. The molecule has 0 radical (unpaired) electrons. The van der Waals surface area contributed by atoms with E-state index in [0.29, 0.717) is 46.8 Å². The average Bonchev–Trinajstić information content (AvgIpc) is 3.13. The van der Waals surface area contributed by atoms with Crippen LogP contribution in [-0.4, -0.2) is 26.4 Å². The molecule has 1 aliphatic heterocycles. The van der Waals surface area contributed by atoms with Crippen LogP contribution in [0.5, 0.6) is 0 Å². The van der Waals surface area contributed by atoms with Gasteiger partial charge in [-0.25, -0.2) is 9.97 Å². The lowest BCUT2D eigenvalue weighted by atomic mass is 10.1. The normalized spacial score (nSPS) is 14.5. The summed E-state index contributed by atoms with van der Waals surface area (Å²) in [5.41, 5.74) is 2.18. The Balaban J connectivity index is 1.59. The topological polar surface area (TPSA) is 75.0 Å². The Bertz CT molecular complexity index is 969. The van der Waals surface area contributed by atoms with Crippen LogP contribution >= 0.6 is 23.2 Å². The molecule has 0 aromatic carbocycles. The summed E-state index contributed by atoms with van der Waals surface area (Å²) in [4.78, 5) is 26.0. The van der Waals surface area contributed by atoms with Crippen molar-refractivity contribution in [1.82, 2.24) is 19.9 Å². The molecule has 4 heterocycles. The molecule has 4 rings (SSSR count). The van der Waals surface area contributed by atoms with Crippen molar-refractivity contribution in [1.29, 1.82) is 0 Å². The molecule has 0 saturated heterocycles. The molecule has 0 aliphatic carbocycles. The molecule has 128 valence electrons. The highest BCUT2D eigenvalue weighted by atomic mass is 35.5. The molecule has 0 atom stereocenters. The maximum absolute atomic E-state index is 12.5. The lowest BCUT2D eigenvalue weighted by molar-refractivity contribution is 0.241. The second-order valence-electron chi connectivity index (χ2n) is 5.88. The van der Waals surface area contributed by atoms with Crippen LogP contribution in [0.15, 0.2) is 39.9 Å². The summed E-state index contributed by atoms with van der Waals surface area (Å²) in [7, 11) is 0. The molecule has 3 aromatic heterocycles. The molecule has 8 heteroatoms. The maximum atomic E-state index is 12.5. The monoisotopic (exact) mass is 376 g/mol. The van der Waals surface area contributed by atoms with Gasteiger partial charge in [-0.3, -0.25) is 9.69 Å². The molecule has 0 bridgehead atoms. The fourth-order valence-corrected chi connectivity index (χ4v) is 3.31. The Morgan fingerprint density at radius 1 is 1.36 bits per heavy atom. The third-order valence-electron chi connectivity index (χ3n) is 4.17. The molecule has 25 heavy (non-hydrogen) atoms. The zero-order valence-corrected chi connectivity index (χ0v) is 14.6. The van der Waals surface area contributed by atoms with Gasteiger partial charge in [0.2, 0.25) is 0 Å². The quantitative estimate of drug-likeness (QED) is 0.709. The third kappa shape index (κ3) is 3.33. The summed E-state index contributed by atoms with van der Waals surface area (Å²) < 4.78 is 5.31. The average molecular weight is 377 g/mol. The standard InChI is InChI=1S/C17H14Cl2N4O2/c18-11-6-10(15(19)20-7-11)8-23-4-3-13-12(9-23)17(24)22-16(21-13)14-2-1-5-25-14/h1-2,5-7H,3-4,8-9H2,(H,21,22,24). The van der Waals surface area contributed by atoms with E-state index in [1.54, 1.807) is 24.5 Å². The van der Waals surface area contributed by atoms with Crippen LogP contribution in [0.4, 0.5) is 0 Å². The van der Waals surface area contributed by atoms with Gasteiger partial charge in [-0.05, 0) is 18.2 Å². The Morgan fingerprint density at radius 3 is 3.04 bits per heavy atom. The van der Waals surface area contributed by atoms with Crippen molar-refractivity contribution in [2.24, 2.45) is 0 Å². The van der Waals surface area contributed by atoms with Gasteiger partial charge >= 0.3 is 0 Å². The van der Waals surface area contributed by atoms with Crippen LogP contribution < -0.4 is 5.56 Å². The van der Waals surface area contributed by atoms with Crippen LogP contribution in [0.25, 0.3) is 11.6 Å². The van der Waals surface area contributed by atoms with Crippen LogP contribution in [-0.2, 0) is 19.5 Å². The SMILES string of the molecule is O=c1[nH]c(-c2ccco2)nc2c1CN(Cc1cc(Cl)cnc1Cl)CC2. The lowest BCUT2D eigenvalue weighted by Gasteiger charge is -2.27. The molecular weight excluding hydrogens is 363 g/mol. The summed E-state index contributed by atoms with van der Waals surface area (Å²) in [6, 6.07) is 5.34. The number of H-pyrrole nitrogens is 1. The van der Waals surface area contributed by atoms with E-state index >= 15 is 0 Å². The number of hydrogen-bond donors (Lipinski definition) is 1. The minimum absolute atomic E-state index is 0.142. The van der Waals surface area contributed by atoms with Gasteiger partial charge < -0.3 is 9.40 Å². The van der Waals surface area contributed by atoms with E-state index in [4.69, 9.17) is 27.6 Å². The van der Waals surface area contributed by atoms with Crippen molar-refractivity contribution >= 4 is 23.2 Å². The zero-order valence-electron chi connectivity index (χ0n) is 13.1. The molecule has 1 N–H and O–H groups in total. The van der Waals surface area contributed by atoms with Crippen molar-refractivity contribution in [2.45, 2.75) is 19.5 Å². The summed E-state index contributed by atoms with van der Waals surface area (Å²) in [5.74, 6) is 1.02. The van der Waals surface area contributed by atoms with E-state index in [9.17, 15) is 4.79 Å². The summed E-state index contributed by atoms with van der Waals surface area (Å²) in [5, 5.41) is 0.967. The summed E-state index contributed by atoms with van der Waals surface area (Å²) in [6.07, 6.45) is 3.75. The zero-order chi connectivity index (χ0) is 17.4. The first-order valence-electron chi connectivity index (χ1n) is 7.78. The number of fused-ring (bicyclic) bond motifs is 1. The summed E-state index contributed by atoms with van der Waals surface area (Å²) in [6.45, 7) is 1.84. The molecule has 1 aliphatic rings. The minimum Gasteiger partial charge on any atom is -0.461 e. The van der Waals surface area contributed by atoms with E-state index in [-0.39, 0.29) is 5.56 Å². The van der Waals surface area contributed by atoms with Crippen molar-refractivity contribution in [3.8, 4) is 11.6 Å². The van der Waals surface area contributed by atoms with Crippen LogP contribution in [0, 0.1) is 0 Å². The van der Waals surface area contributed by atoms with Gasteiger partial charge in [0, 0.05) is 37.8 Å². The number of nitrogens with one attached hydrogen (secondary N) is 1. The van der Waals surface area contributed by atoms with E-state index in [1.807, 2.05) is 0 Å². The Hall–Kier alpha value is -2.15. The number of aromatic nitrogens is 3. The second-order valence-corrected chi connectivity index (χ2v) is 6.68. The summed E-state index contributed by atoms with van der Waals surface area (Å²) >= 11 is 12.1. The Kier molecular flexibility index (Phi) is 4.33. The molecule has 0 spiro atoms. The second kappa shape index (κ2) is 6.63. The fourth-order valence-electron chi connectivity index (χ4n) is 2.96. The molecule has 0 amide bonds.